The molecule has 0 radical (unpaired) electrons. The topological polar surface area (TPSA) is 89.9 Å². The molecule has 0 amide bonds. The Kier molecular flexibility index (Phi) is 9.45. The Balaban J connectivity index is 1.90. The number of Topliss-reactive ketones (excluding diaryl/α,β-unsaturated/α-hetero) is 1. The number of thiophene rings is 1. The van der Waals surface area contributed by atoms with Crippen LogP contribution in [0.5, 0.6) is 0 Å². The van der Waals surface area contributed by atoms with Crippen LogP contribution < -0.4 is 0 Å². The monoisotopic (exact) mass is 588 g/mol. The Morgan fingerprint density at radius 2 is 1.75 bits per heavy atom. The van der Waals surface area contributed by atoms with E-state index in [-0.39, 0.29) is 6.42 Å². The molecule has 1 heterocycles. The molecule has 6 nitrogen and oxygen atoms in total. The van der Waals surface area contributed by atoms with Crippen molar-refractivity contribution in [3.63, 3.8) is 0 Å². The van der Waals surface area contributed by atoms with Gasteiger partial charge in [0.1, 0.15) is 5.66 Å². The lowest BCUT2D eigenvalue weighted by Gasteiger charge is -2.22. The highest BCUT2D eigenvalue weighted by atomic mass is 35.5. The SMILES string of the molecule is CC(C)(C)C(=O)OCOP(=O)(O)C(C(=O)C/C=C/c1cc(Cl)cc(Cl)c1)c1csc2ccc(Cl)cc12. The van der Waals surface area contributed by atoms with E-state index in [1.807, 2.05) is 0 Å². The summed E-state index contributed by atoms with van der Waals surface area (Å²) in [6.07, 6.45) is 3.02. The van der Waals surface area contributed by atoms with Crippen molar-refractivity contribution in [2.24, 2.45) is 5.41 Å². The maximum absolute atomic E-state index is 13.4. The summed E-state index contributed by atoms with van der Waals surface area (Å²) in [6, 6.07) is 10.0. The molecule has 1 aromatic heterocycles. The molecule has 192 valence electrons. The summed E-state index contributed by atoms with van der Waals surface area (Å²) >= 11 is 19.5. The molecule has 0 saturated heterocycles. The first-order valence-electron chi connectivity index (χ1n) is 10.7. The van der Waals surface area contributed by atoms with E-state index in [9.17, 15) is 19.0 Å². The van der Waals surface area contributed by atoms with Gasteiger partial charge in [0.2, 0.25) is 6.79 Å². The summed E-state index contributed by atoms with van der Waals surface area (Å²) < 4.78 is 24.3. The van der Waals surface area contributed by atoms with Crippen molar-refractivity contribution in [1.29, 1.82) is 0 Å². The van der Waals surface area contributed by atoms with Gasteiger partial charge in [-0.1, -0.05) is 47.0 Å². The number of fused-ring (bicyclic) bond motifs is 1. The maximum atomic E-state index is 13.4. The van der Waals surface area contributed by atoms with Gasteiger partial charge in [-0.05, 0) is 79.1 Å². The van der Waals surface area contributed by atoms with Gasteiger partial charge >= 0.3 is 13.6 Å². The third-order valence-electron chi connectivity index (χ3n) is 5.05. The van der Waals surface area contributed by atoms with Crippen molar-refractivity contribution in [3.05, 3.63) is 74.0 Å². The zero-order chi connectivity index (χ0) is 26.7. The first kappa shape index (κ1) is 28.9. The number of carbonyl (C=O) groups excluding carboxylic acids is 2. The van der Waals surface area contributed by atoms with Gasteiger partial charge in [0.15, 0.2) is 5.78 Å². The molecule has 0 aliphatic carbocycles. The molecule has 2 unspecified atom stereocenters. The smallest absolute Gasteiger partial charge is 0.345 e. The van der Waals surface area contributed by atoms with Crippen molar-refractivity contribution in [3.8, 4) is 0 Å². The van der Waals surface area contributed by atoms with Gasteiger partial charge in [-0.3, -0.25) is 18.7 Å². The molecule has 0 aliphatic heterocycles. The van der Waals surface area contributed by atoms with Gasteiger partial charge in [-0.25, -0.2) is 0 Å². The van der Waals surface area contributed by atoms with Crippen LogP contribution in [0.15, 0.2) is 47.9 Å². The largest absolute Gasteiger partial charge is 0.438 e. The standard InChI is InChI=1S/C25H24Cl3O6PS/c1-25(2,3)24(30)33-14-34-35(31,32)23(20-13-36-22-8-7-16(26)12-19(20)22)21(29)6-4-5-15-9-17(27)11-18(28)10-15/h4-5,7-13,23H,6,14H2,1-3H3,(H,31,32)/b5-4+. The highest BCUT2D eigenvalue weighted by Crippen LogP contribution is 2.59. The van der Waals surface area contributed by atoms with Crippen molar-refractivity contribution >= 4 is 81.7 Å². The number of allylic oxidation sites excluding steroid dienone is 1. The first-order valence-corrected chi connectivity index (χ1v) is 14.4. The lowest BCUT2D eigenvalue weighted by atomic mass is 9.98. The van der Waals surface area contributed by atoms with Gasteiger partial charge in [0.05, 0.1) is 5.41 Å². The predicted octanol–water partition coefficient (Wildman–Crippen LogP) is 8.32. The fraction of sp³-hybridized carbons (Fsp3) is 0.280. The van der Waals surface area contributed by atoms with Crippen LogP contribution in [0.4, 0.5) is 0 Å². The van der Waals surface area contributed by atoms with Crippen molar-refractivity contribution < 1.29 is 28.3 Å². The molecule has 2 aromatic carbocycles. The summed E-state index contributed by atoms with van der Waals surface area (Å²) in [6.45, 7) is 4.15. The molecule has 3 aromatic rings. The highest BCUT2D eigenvalue weighted by molar-refractivity contribution is 7.54. The Morgan fingerprint density at radius 1 is 1.08 bits per heavy atom. The van der Waals surface area contributed by atoms with Crippen LogP contribution in [0.1, 0.15) is 44.0 Å². The zero-order valence-electron chi connectivity index (χ0n) is 19.7. The summed E-state index contributed by atoms with van der Waals surface area (Å²) in [5.74, 6) is -1.17. The van der Waals surface area contributed by atoms with E-state index in [2.05, 4.69) is 0 Å². The molecule has 11 heteroatoms. The van der Waals surface area contributed by atoms with Gasteiger partial charge in [0.25, 0.3) is 0 Å². The second-order valence-electron chi connectivity index (χ2n) is 9.00. The average Bonchev–Trinajstić information content (AvgIpc) is 3.14. The number of halogens is 3. The average molecular weight is 590 g/mol. The normalized spacial score (nSPS) is 14.6. The van der Waals surface area contributed by atoms with Crippen LogP contribution in [0.2, 0.25) is 15.1 Å². The second-order valence-corrected chi connectivity index (χ2v) is 13.1. The fourth-order valence-corrected chi connectivity index (χ4v) is 6.48. The number of ketones is 1. The van der Waals surface area contributed by atoms with Gasteiger partial charge < -0.3 is 9.63 Å². The number of benzene rings is 2. The minimum Gasteiger partial charge on any atom is -0.438 e. The number of rotatable bonds is 9. The van der Waals surface area contributed by atoms with Gasteiger partial charge in [-0.2, -0.15) is 0 Å². The van der Waals surface area contributed by atoms with E-state index in [4.69, 9.17) is 44.1 Å². The molecule has 0 bridgehead atoms. The molecule has 36 heavy (non-hydrogen) atoms. The number of hydrogen-bond acceptors (Lipinski definition) is 6. The van der Waals surface area contributed by atoms with Crippen LogP contribution in [0.3, 0.4) is 0 Å². The minimum atomic E-state index is -4.64. The van der Waals surface area contributed by atoms with E-state index < -0.39 is 37.2 Å². The first-order chi connectivity index (χ1) is 16.8. The Hall–Kier alpha value is -1.70. The number of ether oxygens (including phenoxy) is 1. The molecular formula is C25H24Cl3O6PS. The highest BCUT2D eigenvalue weighted by Gasteiger charge is 2.41. The third-order valence-corrected chi connectivity index (χ3v) is 8.39. The van der Waals surface area contributed by atoms with Crippen LogP contribution in [-0.4, -0.2) is 23.4 Å². The summed E-state index contributed by atoms with van der Waals surface area (Å²) in [5, 5.41) is 3.49. The predicted molar refractivity (Wildman–Crippen MR) is 146 cm³/mol. The number of esters is 1. The molecule has 1 N–H and O–H groups in total. The lowest BCUT2D eigenvalue weighted by Crippen LogP contribution is -2.24. The van der Waals surface area contributed by atoms with E-state index in [1.165, 1.54) is 11.3 Å². The zero-order valence-corrected chi connectivity index (χ0v) is 23.6. The van der Waals surface area contributed by atoms with Gasteiger partial charge in [0, 0.05) is 26.2 Å². The summed E-state index contributed by atoms with van der Waals surface area (Å²) in [4.78, 5) is 36.3. The summed E-state index contributed by atoms with van der Waals surface area (Å²) in [7, 11) is -4.64. The molecule has 3 rings (SSSR count). The molecule has 0 spiro atoms. The van der Waals surface area contributed by atoms with E-state index in [0.29, 0.717) is 31.6 Å². The molecule has 0 saturated carbocycles. The number of carbonyl (C=O) groups is 2. The lowest BCUT2D eigenvalue weighted by molar-refractivity contribution is -0.159. The fourth-order valence-electron chi connectivity index (χ4n) is 3.30. The van der Waals surface area contributed by atoms with Gasteiger partial charge in [-0.15, -0.1) is 11.3 Å². The number of hydrogen-bond donors (Lipinski definition) is 1. The van der Waals surface area contributed by atoms with E-state index in [0.717, 1.165) is 4.70 Å². The van der Waals surface area contributed by atoms with Crippen molar-refractivity contribution in [2.75, 3.05) is 6.79 Å². The molecule has 2 atom stereocenters. The Bertz CT molecular complexity index is 1340. The van der Waals surface area contributed by atoms with Crippen LogP contribution in [0.25, 0.3) is 16.2 Å². The van der Waals surface area contributed by atoms with E-state index >= 15 is 0 Å². The van der Waals surface area contributed by atoms with Crippen LogP contribution in [0, 0.1) is 5.41 Å². The minimum absolute atomic E-state index is 0.178. The van der Waals surface area contributed by atoms with Crippen LogP contribution in [-0.2, 0) is 23.4 Å². The van der Waals surface area contributed by atoms with Crippen molar-refractivity contribution in [2.45, 2.75) is 32.9 Å². The Morgan fingerprint density at radius 3 is 2.39 bits per heavy atom. The quantitative estimate of drug-likeness (QED) is 0.153. The third kappa shape index (κ3) is 7.42. The molecule has 0 aliphatic rings. The Labute approximate surface area is 228 Å². The van der Waals surface area contributed by atoms with Crippen LogP contribution >= 0.6 is 53.7 Å². The second kappa shape index (κ2) is 11.8. The summed E-state index contributed by atoms with van der Waals surface area (Å²) in [5.41, 5.74) is -1.37. The maximum Gasteiger partial charge on any atom is 0.345 e. The molecular weight excluding hydrogens is 566 g/mol. The van der Waals surface area contributed by atoms with E-state index in [1.54, 1.807) is 74.7 Å². The molecule has 0 fully saturated rings. The van der Waals surface area contributed by atoms with Crippen molar-refractivity contribution in [1.82, 2.24) is 0 Å².